The van der Waals surface area contributed by atoms with Gasteiger partial charge in [-0.15, -0.1) is 0 Å². The van der Waals surface area contributed by atoms with Crippen LogP contribution >= 0.6 is 0 Å². The summed E-state index contributed by atoms with van der Waals surface area (Å²) in [6, 6.07) is 0. The van der Waals surface area contributed by atoms with Crippen LogP contribution in [0.1, 0.15) is 31.1 Å². The molecule has 1 aromatic heterocycles. The Hall–Kier alpha value is -1.36. The summed E-state index contributed by atoms with van der Waals surface area (Å²) in [6.07, 6.45) is 3.38. The Kier molecular flexibility index (Phi) is 4.98. The van der Waals surface area contributed by atoms with Crippen LogP contribution in [0.2, 0.25) is 0 Å². The Morgan fingerprint density at radius 3 is 2.94 bits per heavy atom. The average molecular weight is 226 g/mol. The molecule has 0 spiro atoms. The highest BCUT2D eigenvalue weighted by molar-refractivity contribution is 5.88. The van der Waals surface area contributed by atoms with Crippen molar-refractivity contribution in [2.75, 3.05) is 13.2 Å². The fourth-order valence-electron chi connectivity index (χ4n) is 1.19. The molecule has 0 radical (unpaired) electrons. The van der Waals surface area contributed by atoms with Gasteiger partial charge in [0.15, 0.2) is 0 Å². The highest BCUT2D eigenvalue weighted by Gasteiger charge is 2.08. The van der Waals surface area contributed by atoms with Crippen LogP contribution in [0.15, 0.2) is 12.4 Å². The van der Waals surface area contributed by atoms with E-state index < -0.39 is 0 Å². The van der Waals surface area contributed by atoms with E-state index >= 15 is 0 Å². The van der Waals surface area contributed by atoms with Gasteiger partial charge in [-0.3, -0.25) is 4.68 Å². The first-order valence-corrected chi connectivity index (χ1v) is 5.44. The molecule has 0 amide bonds. The van der Waals surface area contributed by atoms with E-state index in [1.54, 1.807) is 17.8 Å². The Morgan fingerprint density at radius 2 is 2.31 bits per heavy atom. The maximum absolute atomic E-state index is 11.3. The number of hydrogen-bond acceptors (Lipinski definition) is 4. The normalized spacial score (nSPS) is 10.8. The van der Waals surface area contributed by atoms with E-state index in [1.807, 2.05) is 13.8 Å². The van der Waals surface area contributed by atoms with Crippen molar-refractivity contribution >= 4 is 5.97 Å². The molecule has 0 aliphatic heterocycles. The molecular weight excluding hydrogens is 208 g/mol. The highest BCUT2D eigenvalue weighted by atomic mass is 16.5. The number of hydrogen-bond donors (Lipinski definition) is 0. The number of aromatic nitrogens is 2. The van der Waals surface area contributed by atoms with E-state index in [0.717, 1.165) is 0 Å². The molecule has 16 heavy (non-hydrogen) atoms. The largest absolute Gasteiger partial charge is 0.462 e. The van der Waals surface area contributed by atoms with Gasteiger partial charge in [0.1, 0.15) is 0 Å². The predicted octanol–water partition coefficient (Wildman–Crippen LogP) is 1.48. The summed E-state index contributed by atoms with van der Waals surface area (Å²) in [7, 11) is 0. The van der Waals surface area contributed by atoms with Gasteiger partial charge in [0.25, 0.3) is 0 Å². The van der Waals surface area contributed by atoms with Crippen LogP contribution in [-0.4, -0.2) is 35.1 Å². The summed E-state index contributed by atoms with van der Waals surface area (Å²) in [6.45, 7) is 7.33. The molecule has 0 atom stereocenters. The minimum absolute atomic E-state index is 0.208. The van der Waals surface area contributed by atoms with Crippen LogP contribution in [0.3, 0.4) is 0 Å². The van der Waals surface area contributed by atoms with Crippen LogP contribution in [0.25, 0.3) is 0 Å². The second-order valence-corrected chi connectivity index (χ2v) is 3.63. The third kappa shape index (κ3) is 4.02. The minimum atomic E-state index is -0.335. The number of carbonyl (C=O) groups excluding carboxylic acids is 1. The molecule has 0 saturated carbocycles. The molecule has 0 N–H and O–H groups in total. The van der Waals surface area contributed by atoms with Gasteiger partial charge in [0.2, 0.25) is 0 Å². The van der Waals surface area contributed by atoms with E-state index in [1.165, 1.54) is 6.20 Å². The van der Waals surface area contributed by atoms with Crippen molar-refractivity contribution in [2.45, 2.75) is 33.4 Å². The Morgan fingerprint density at radius 1 is 1.56 bits per heavy atom. The Labute approximate surface area is 95.3 Å². The fourth-order valence-corrected chi connectivity index (χ4v) is 1.19. The molecule has 0 aromatic carbocycles. The monoisotopic (exact) mass is 226 g/mol. The summed E-state index contributed by atoms with van der Waals surface area (Å²) >= 11 is 0. The highest BCUT2D eigenvalue weighted by Crippen LogP contribution is 2.00. The molecule has 1 aromatic rings. The van der Waals surface area contributed by atoms with Crippen LogP contribution in [0, 0.1) is 0 Å². The molecule has 0 saturated heterocycles. The number of nitrogens with zero attached hydrogens (tertiary/aromatic N) is 2. The van der Waals surface area contributed by atoms with Crippen LogP contribution in [-0.2, 0) is 16.0 Å². The van der Waals surface area contributed by atoms with E-state index in [0.29, 0.717) is 25.3 Å². The van der Waals surface area contributed by atoms with Crippen molar-refractivity contribution in [3.63, 3.8) is 0 Å². The molecule has 0 aliphatic rings. The Balaban J connectivity index is 2.42. The van der Waals surface area contributed by atoms with Crippen LogP contribution < -0.4 is 0 Å². The second kappa shape index (κ2) is 6.27. The lowest BCUT2D eigenvalue weighted by Gasteiger charge is -2.06. The van der Waals surface area contributed by atoms with E-state index in [2.05, 4.69) is 5.10 Å². The van der Waals surface area contributed by atoms with Gasteiger partial charge in [-0.1, -0.05) is 0 Å². The van der Waals surface area contributed by atoms with Gasteiger partial charge in [0, 0.05) is 6.20 Å². The predicted molar refractivity (Wildman–Crippen MR) is 59.3 cm³/mol. The van der Waals surface area contributed by atoms with Crippen LogP contribution in [0.5, 0.6) is 0 Å². The molecule has 0 aliphatic carbocycles. The molecule has 0 fully saturated rings. The van der Waals surface area contributed by atoms with Crippen molar-refractivity contribution in [3.8, 4) is 0 Å². The zero-order chi connectivity index (χ0) is 12.0. The molecule has 0 unspecified atom stereocenters. The first-order valence-electron chi connectivity index (χ1n) is 5.44. The van der Waals surface area contributed by atoms with Gasteiger partial charge in [-0.25, -0.2) is 4.79 Å². The summed E-state index contributed by atoms with van der Waals surface area (Å²) < 4.78 is 11.9. The topological polar surface area (TPSA) is 53.3 Å². The lowest BCUT2D eigenvalue weighted by atomic mass is 10.4. The molecule has 5 nitrogen and oxygen atoms in total. The van der Waals surface area contributed by atoms with Gasteiger partial charge in [-0.2, -0.15) is 5.10 Å². The first-order chi connectivity index (χ1) is 7.63. The average Bonchev–Trinajstić information content (AvgIpc) is 2.66. The number of rotatable bonds is 6. The van der Waals surface area contributed by atoms with Gasteiger partial charge in [-0.05, 0) is 20.8 Å². The van der Waals surface area contributed by atoms with Crippen molar-refractivity contribution in [1.29, 1.82) is 0 Å². The zero-order valence-corrected chi connectivity index (χ0v) is 9.97. The fraction of sp³-hybridized carbons (Fsp3) is 0.636. The third-order valence-corrected chi connectivity index (χ3v) is 1.92. The SMILES string of the molecule is CCOC(=O)c1cnn(CCOC(C)C)c1. The van der Waals surface area contributed by atoms with E-state index in [9.17, 15) is 4.79 Å². The standard InChI is InChI=1S/C11H18N2O3/c1-4-15-11(14)10-7-12-13(8-10)5-6-16-9(2)3/h7-9H,4-6H2,1-3H3. The Bertz CT molecular complexity index is 334. The molecule has 5 heteroatoms. The van der Waals surface area contributed by atoms with E-state index in [4.69, 9.17) is 9.47 Å². The molecule has 90 valence electrons. The molecule has 1 rings (SSSR count). The molecular formula is C11H18N2O3. The number of esters is 1. The molecule has 0 bridgehead atoms. The van der Waals surface area contributed by atoms with Crippen LogP contribution in [0.4, 0.5) is 0 Å². The first kappa shape index (κ1) is 12.7. The smallest absolute Gasteiger partial charge is 0.341 e. The van der Waals surface area contributed by atoms with Crippen molar-refractivity contribution in [1.82, 2.24) is 9.78 Å². The lowest BCUT2D eigenvalue weighted by molar-refractivity contribution is 0.0525. The maximum Gasteiger partial charge on any atom is 0.341 e. The van der Waals surface area contributed by atoms with Crippen molar-refractivity contribution in [2.24, 2.45) is 0 Å². The third-order valence-electron chi connectivity index (χ3n) is 1.92. The summed E-state index contributed by atoms with van der Waals surface area (Å²) in [5.74, 6) is -0.335. The van der Waals surface area contributed by atoms with Gasteiger partial charge < -0.3 is 9.47 Å². The van der Waals surface area contributed by atoms with E-state index in [-0.39, 0.29) is 12.1 Å². The zero-order valence-electron chi connectivity index (χ0n) is 9.97. The number of carbonyl (C=O) groups is 1. The summed E-state index contributed by atoms with van der Waals surface area (Å²) in [5.41, 5.74) is 0.478. The maximum atomic E-state index is 11.3. The van der Waals surface area contributed by atoms with Gasteiger partial charge >= 0.3 is 5.97 Å². The quantitative estimate of drug-likeness (QED) is 0.689. The summed E-state index contributed by atoms with van der Waals surface area (Å²) in [4.78, 5) is 11.3. The minimum Gasteiger partial charge on any atom is -0.462 e. The van der Waals surface area contributed by atoms with Crippen molar-refractivity contribution < 1.29 is 14.3 Å². The second-order valence-electron chi connectivity index (χ2n) is 3.63. The van der Waals surface area contributed by atoms with Crippen molar-refractivity contribution in [3.05, 3.63) is 18.0 Å². The lowest BCUT2D eigenvalue weighted by Crippen LogP contribution is -2.10. The summed E-state index contributed by atoms with van der Waals surface area (Å²) in [5, 5.41) is 4.05. The number of ether oxygens (including phenoxy) is 2. The molecule has 1 heterocycles. The van der Waals surface area contributed by atoms with Gasteiger partial charge in [0.05, 0.1) is 37.6 Å².